The van der Waals surface area contributed by atoms with Crippen LogP contribution in [0.15, 0.2) is 54.6 Å². The number of phenols is 2. The summed E-state index contributed by atoms with van der Waals surface area (Å²) >= 11 is 24.0. The van der Waals surface area contributed by atoms with Crippen LogP contribution in [0.3, 0.4) is 0 Å². The van der Waals surface area contributed by atoms with Crippen LogP contribution in [0, 0.1) is 0 Å². The molecule has 1 atom stereocenters. The molecule has 0 spiro atoms. The third-order valence-corrected chi connectivity index (χ3v) is 7.00. The molecule has 0 saturated heterocycles. The fourth-order valence-corrected chi connectivity index (χ4v) is 5.26. The molecule has 0 aromatic heterocycles. The van der Waals surface area contributed by atoms with Crippen LogP contribution < -0.4 is 0 Å². The summed E-state index contributed by atoms with van der Waals surface area (Å²) in [5, 5.41) is 21.4. The maximum Gasteiger partial charge on any atom is 0.283 e. The lowest BCUT2D eigenvalue weighted by atomic mass is 9.83. The van der Waals surface area contributed by atoms with Gasteiger partial charge in [0.1, 0.15) is 11.5 Å². The average Bonchev–Trinajstić information content (AvgIpc) is 2.59. The molecule has 152 valence electrons. The number of hydrogen-bond donors (Lipinski definition) is 3. The Kier molecular flexibility index (Phi) is 5.98. The Morgan fingerprint density at radius 1 is 0.724 bits per heavy atom. The van der Waals surface area contributed by atoms with Gasteiger partial charge in [-0.2, -0.15) is 8.42 Å². The van der Waals surface area contributed by atoms with E-state index in [1.54, 1.807) is 0 Å². The van der Waals surface area contributed by atoms with E-state index < -0.39 is 31.9 Å². The predicted octanol–water partition coefficient (Wildman–Crippen LogP) is 5.89. The van der Waals surface area contributed by atoms with Gasteiger partial charge in [0.15, 0.2) is 4.75 Å². The molecule has 3 aromatic carbocycles. The highest BCUT2D eigenvalue weighted by molar-refractivity contribution is 7.87. The van der Waals surface area contributed by atoms with Crippen molar-refractivity contribution in [2.24, 2.45) is 0 Å². The van der Waals surface area contributed by atoms with Crippen molar-refractivity contribution < 1.29 is 23.2 Å². The summed E-state index contributed by atoms with van der Waals surface area (Å²) in [4.78, 5) is 0. The fraction of sp³-hybridized carbons (Fsp3) is 0.0526. The minimum Gasteiger partial charge on any atom is -0.507 e. The number of phenolic OH excluding ortho intramolecular Hbond substituents is 2. The molecule has 5 nitrogen and oxygen atoms in total. The van der Waals surface area contributed by atoms with Gasteiger partial charge in [0.05, 0.1) is 15.6 Å². The Morgan fingerprint density at radius 2 is 1.31 bits per heavy atom. The molecule has 0 aliphatic carbocycles. The Bertz CT molecular complexity index is 1190. The Balaban J connectivity index is 2.61. The molecule has 10 heteroatoms. The SMILES string of the molecule is O=S(=O)(O)C(c1cccc(Cl)c1)(c1ccc(Cl)c(Cl)c1)c1c(O)cc(Cl)cc1O. The quantitative estimate of drug-likeness (QED) is 0.311. The number of hydrogen-bond acceptors (Lipinski definition) is 4. The molecule has 3 N–H and O–H groups in total. The molecule has 0 saturated carbocycles. The van der Waals surface area contributed by atoms with Crippen molar-refractivity contribution in [3.63, 3.8) is 0 Å². The molecule has 0 amide bonds. The molecular formula is C19H12Cl4O5S. The largest absolute Gasteiger partial charge is 0.507 e. The third-order valence-electron chi connectivity index (χ3n) is 4.36. The van der Waals surface area contributed by atoms with E-state index in [2.05, 4.69) is 0 Å². The van der Waals surface area contributed by atoms with Gasteiger partial charge in [0, 0.05) is 10.0 Å². The summed E-state index contributed by atoms with van der Waals surface area (Å²) in [7, 11) is -5.11. The average molecular weight is 494 g/mol. The van der Waals surface area contributed by atoms with Crippen LogP contribution in [0.5, 0.6) is 11.5 Å². The van der Waals surface area contributed by atoms with Gasteiger partial charge in [-0.3, -0.25) is 4.55 Å². The summed E-state index contributed by atoms with van der Waals surface area (Å²) in [5.74, 6) is -1.34. The van der Waals surface area contributed by atoms with Crippen LogP contribution in [0.2, 0.25) is 20.1 Å². The van der Waals surface area contributed by atoms with Gasteiger partial charge in [0.2, 0.25) is 0 Å². The molecular weight excluding hydrogens is 482 g/mol. The van der Waals surface area contributed by atoms with E-state index in [0.717, 1.165) is 12.1 Å². The maximum absolute atomic E-state index is 12.9. The summed E-state index contributed by atoms with van der Waals surface area (Å²) in [6.07, 6.45) is 0. The lowest BCUT2D eigenvalue weighted by molar-refractivity contribution is 0.416. The van der Waals surface area contributed by atoms with Crippen molar-refractivity contribution >= 4 is 56.5 Å². The normalized spacial score (nSPS) is 13.8. The Morgan fingerprint density at radius 3 is 1.83 bits per heavy atom. The Hall–Kier alpha value is -1.67. The highest BCUT2D eigenvalue weighted by Crippen LogP contribution is 2.52. The van der Waals surface area contributed by atoms with Gasteiger partial charge >= 0.3 is 0 Å². The van der Waals surface area contributed by atoms with E-state index in [9.17, 15) is 23.2 Å². The second-order valence-corrected chi connectivity index (χ2v) is 9.36. The van der Waals surface area contributed by atoms with Crippen LogP contribution in [-0.4, -0.2) is 23.2 Å². The first-order valence-electron chi connectivity index (χ1n) is 7.89. The highest BCUT2D eigenvalue weighted by atomic mass is 35.5. The fourth-order valence-electron chi connectivity index (χ4n) is 3.24. The minimum absolute atomic E-state index is 0.00726. The van der Waals surface area contributed by atoms with Gasteiger partial charge in [-0.15, -0.1) is 0 Å². The van der Waals surface area contributed by atoms with E-state index in [1.807, 2.05) is 0 Å². The molecule has 0 heterocycles. The van der Waals surface area contributed by atoms with Gasteiger partial charge in [0.25, 0.3) is 10.1 Å². The second-order valence-electron chi connectivity index (χ2n) is 6.11. The minimum atomic E-state index is -5.11. The van der Waals surface area contributed by atoms with Crippen molar-refractivity contribution in [2.45, 2.75) is 4.75 Å². The summed E-state index contributed by atoms with van der Waals surface area (Å²) < 4.78 is 33.8. The lowest BCUT2D eigenvalue weighted by Crippen LogP contribution is -2.38. The van der Waals surface area contributed by atoms with E-state index in [1.165, 1.54) is 42.5 Å². The topological polar surface area (TPSA) is 94.8 Å². The molecule has 3 aromatic rings. The van der Waals surface area contributed by atoms with E-state index in [-0.39, 0.29) is 31.2 Å². The van der Waals surface area contributed by atoms with Crippen LogP contribution in [-0.2, 0) is 14.9 Å². The summed E-state index contributed by atoms with van der Waals surface area (Å²) in [6.45, 7) is 0. The molecule has 0 radical (unpaired) electrons. The smallest absolute Gasteiger partial charge is 0.283 e. The molecule has 0 fully saturated rings. The van der Waals surface area contributed by atoms with Crippen molar-refractivity contribution in [1.29, 1.82) is 0 Å². The number of benzene rings is 3. The monoisotopic (exact) mass is 492 g/mol. The maximum atomic E-state index is 12.9. The Labute approximate surface area is 186 Å². The van der Waals surface area contributed by atoms with Crippen LogP contribution in [0.4, 0.5) is 0 Å². The molecule has 3 rings (SSSR count). The van der Waals surface area contributed by atoms with Gasteiger partial charge in [-0.25, -0.2) is 0 Å². The van der Waals surface area contributed by atoms with E-state index >= 15 is 0 Å². The third kappa shape index (κ3) is 3.77. The summed E-state index contributed by atoms with van der Waals surface area (Å²) in [5.41, 5.74) is -0.673. The predicted molar refractivity (Wildman–Crippen MR) is 114 cm³/mol. The van der Waals surface area contributed by atoms with Crippen LogP contribution in [0.1, 0.15) is 16.7 Å². The first-order valence-corrected chi connectivity index (χ1v) is 10.8. The van der Waals surface area contributed by atoms with Crippen molar-refractivity contribution in [1.82, 2.24) is 0 Å². The lowest BCUT2D eigenvalue weighted by Gasteiger charge is -2.33. The molecule has 1 unspecified atom stereocenters. The molecule has 0 bridgehead atoms. The van der Waals surface area contributed by atoms with Crippen molar-refractivity contribution in [3.8, 4) is 11.5 Å². The molecule has 0 aliphatic rings. The van der Waals surface area contributed by atoms with Crippen molar-refractivity contribution in [2.75, 3.05) is 0 Å². The zero-order valence-corrected chi connectivity index (χ0v) is 18.1. The van der Waals surface area contributed by atoms with Crippen molar-refractivity contribution in [3.05, 3.63) is 91.4 Å². The first-order chi connectivity index (χ1) is 13.5. The van der Waals surface area contributed by atoms with E-state index in [4.69, 9.17) is 46.4 Å². The molecule has 0 aliphatic heterocycles. The zero-order chi connectivity index (χ0) is 21.6. The van der Waals surface area contributed by atoms with Gasteiger partial charge in [-0.1, -0.05) is 64.6 Å². The zero-order valence-electron chi connectivity index (χ0n) is 14.3. The van der Waals surface area contributed by atoms with Gasteiger partial charge in [-0.05, 0) is 47.5 Å². The first kappa shape index (κ1) is 22.0. The number of halogens is 4. The second kappa shape index (κ2) is 7.87. The van der Waals surface area contributed by atoms with Crippen LogP contribution in [0.25, 0.3) is 0 Å². The van der Waals surface area contributed by atoms with Crippen LogP contribution >= 0.6 is 46.4 Å². The standard InChI is InChI=1S/C19H12Cl4O5S/c20-12-3-1-2-10(6-12)19(29(26,27)28,11-4-5-14(22)15(23)7-11)18-16(24)8-13(21)9-17(18)25/h1-9,24-25H,(H,26,27,28). The van der Waals surface area contributed by atoms with Gasteiger partial charge < -0.3 is 10.2 Å². The number of aromatic hydroxyl groups is 2. The summed E-state index contributed by atoms with van der Waals surface area (Å²) in [6, 6.07) is 11.5. The van der Waals surface area contributed by atoms with E-state index in [0.29, 0.717) is 0 Å². The number of rotatable bonds is 4. The highest BCUT2D eigenvalue weighted by Gasteiger charge is 2.52. The molecule has 29 heavy (non-hydrogen) atoms.